The third-order valence-electron chi connectivity index (χ3n) is 2.28. The Morgan fingerprint density at radius 2 is 1.56 bits per heavy atom. The molecule has 4 heteroatoms. The zero-order valence-electron chi connectivity index (χ0n) is 10.9. The van der Waals surface area contributed by atoms with Crippen molar-refractivity contribution in [2.75, 3.05) is 26.4 Å². The number of nitrogens with one attached hydrogen (secondary N) is 1. The van der Waals surface area contributed by atoms with Crippen LogP contribution < -0.4 is 5.32 Å². The summed E-state index contributed by atoms with van der Waals surface area (Å²) in [5, 5.41) is 3.35. The Bertz CT molecular complexity index is 157. The normalized spacial score (nSPS) is 21.4. The molecule has 0 aromatic rings. The first-order chi connectivity index (χ1) is 7.58. The largest absolute Gasteiger partial charge is 0.378 e. The topological polar surface area (TPSA) is 39.7 Å². The molecule has 1 N–H and O–H groups in total. The zero-order chi connectivity index (χ0) is 12.0. The predicted octanol–water partition coefficient (Wildman–Crippen LogP) is 1.19. The number of ether oxygens (including phenoxy) is 3. The Morgan fingerprint density at radius 3 is 1.69 bits per heavy atom. The first kappa shape index (κ1) is 13.9. The van der Waals surface area contributed by atoms with Crippen molar-refractivity contribution in [3.63, 3.8) is 0 Å². The van der Waals surface area contributed by atoms with E-state index in [0.717, 1.165) is 26.4 Å². The quantitative estimate of drug-likeness (QED) is 0.789. The van der Waals surface area contributed by atoms with E-state index in [1.807, 2.05) is 13.8 Å². The highest BCUT2D eigenvalue weighted by molar-refractivity contribution is 4.74. The van der Waals surface area contributed by atoms with Crippen molar-refractivity contribution in [1.29, 1.82) is 0 Å². The summed E-state index contributed by atoms with van der Waals surface area (Å²) in [6.45, 7) is 11.8. The molecule has 2 aliphatic rings. The van der Waals surface area contributed by atoms with Crippen LogP contribution in [0.25, 0.3) is 0 Å². The van der Waals surface area contributed by atoms with Crippen molar-refractivity contribution in [3.8, 4) is 0 Å². The van der Waals surface area contributed by atoms with Crippen LogP contribution >= 0.6 is 0 Å². The summed E-state index contributed by atoms with van der Waals surface area (Å²) in [5.41, 5.74) is 0. The van der Waals surface area contributed by atoms with E-state index >= 15 is 0 Å². The Balaban J connectivity index is 0.000000160. The third kappa shape index (κ3) is 5.80. The summed E-state index contributed by atoms with van der Waals surface area (Å²) in [6, 6.07) is 1.24. The highest BCUT2D eigenvalue weighted by atomic mass is 16.6. The van der Waals surface area contributed by atoms with E-state index in [1.54, 1.807) is 0 Å². The molecule has 2 rings (SSSR count). The van der Waals surface area contributed by atoms with E-state index < -0.39 is 0 Å². The first-order valence-electron chi connectivity index (χ1n) is 6.15. The van der Waals surface area contributed by atoms with Crippen molar-refractivity contribution >= 4 is 0 Å². The third-order valence-corrected chi connectivity index (χ3v) is 2.28. The van der Waals surface area contributed by atoms with E-state index in [1.165, 1.54) is 0 Å². The van der Waals surface area contributed by atoms with Gasteiger partial charge in [0.1, 0.15) is 6.10 Å². The second-order valence-corrected chi connectivity index (χ2v) is 4.90. The smallest absolute Gasteiger partial charge is 0.104 e. The molecule has 0 amide bonds. The van der Waals surface area contributed by atoms with E-state index in [0.29, 0.717) is 24.3 Å². The molecule has 2 aliphatic heterocycles. The lowest BCUT2D eigenvalue weighted by Crippen LogP contribution is -2.48. The van der Waals surface area contributed by atoms with Gasteiger partial charge < -0.3 is 19.5 Å². The lowest BCUT2D eigenvalue weighted by Gasteiger charge is -2.28. The zero-order valence-corrected chi connectivity index (χ0v) is 10.9. The van der Waals surface area contributed by atoms with Gasteiger partial charge in [0, 0.05) is 6.04 Å². The number of hydrogen-bond donors (Lipinski definition) is 1. The van der Waals surface area contributed by atoms with Crippen LogP contribution in [0.2, 0.25) is 0 Å². The summed E-state index contributed by atoms with van der Waals surface area (Å²) >= 11 is 0. The molecule has 2 fully saturated rings. The van der Waals surface area contributed by atoms with Gasteiger partial charge in [-0.25, -0.2) is 0 Å². The molecule has 4 nitrogen and oxygen atoms in total. The van der Waals surface area contributed by atoms with Gasteiger partial charge in [0.25, 0.3) is 0 Å². The van der Waals surface area contributed by atoms with E-state index in [-0.39, 0.29) is 0 Å². The van der Waals surface area contributed by atoms with Gasteiger partial charge in [-0.2, -0.15) is 0 Å². The molecule has 16 heavy (non-hydrogen) atoms. The minimum atomic E-state index is 0.351. The molecule has 0 bridgehead atoms. The van der Waals surface area contributed by atoms with Gasteiger partial charge in [-0.05, 0) is 13.8 Å². The van der Waals surface area contributed by atoms with Crippen molar-refractivity contribution in [2.24, 2.45) is 0 Å². The van der Waals surface area contributed by atoms with Crippen LogP contribution in [0.15, 0.2) is 0 Å². The van der Waals surface area contributed by atoms with Crippen LogP contribution in [-0.2, 0) is 14.2 Å². The van der Waals surface area contributed by atoms with Crippen LogP contribution in [0.4, 0.5) is 0 Å². The minimum absolute atomic E-state index is 0.351. The van der Waals surface area contributed by atoms with Gasteiger partial charge in [-0.1, -0.05) is 13.8 Å². The van der Waals surface area contributed by atoms with Crippen molar-refractivity contribution in [2.45, 2.75) is 52.0 Å². The SMILES string of the molecule is CC(C)NC1COC1.CC(C)OC1COC1. The molecule has 0 unspecified atom stereocenters. The minimum Gasteiger partial charge on any atom is -0.378 e. The number of rotatable bonds is 4. The molecule has 2 saturated heterocycles. The second kappa shape index (κ2) is 7.22. The summed E-state index contributed by atoms with van der Waals surface area (Å²) in [7, 11) is 0. The number of hydrogen-bond acceptors (Lipinski definition) is 4. The highest BCUT2D eigenvalue weighted by Crippen LogP contribution is 2.07. The molecule has 0 aromatic carbocycles. The average molecular weight is 231 g/mol. The standard InChI is InChI=1S/C6H13NO.C6H12O2/c1-5(2)7-6-3-8-4-6;1-5(2)8-6-3-7-4-6/h5-7H,3-4H2,1-2H3;5-6H,3-4H2,1-2H3. The van der Waals surface area contributed by atoms with Gasteiger partial charge in [0.15, 0.2) is 0 Å². The van der Waals surface area contributed by atoms with Crippen LogP contribution in [0.1, 0.15) is 27.7 Å². The van der Waals surface area contributed by atoms with Crippen LogP contribution in [0, 0.1) is 0 Å². The maximum Gasteiger partial charge on any atom is 0.104 e. The van der Waals surface area contributed by atoms with Crippen molar-refractivity contribution < 1.29 is 14.2 Å². The van der Waals surface area contributed by atoms with Crippen molar-refractivity contribution in [3.05, 3.63) is 0 Å². The summed E-state index contributed by atoms with van der Waals surface area (Å²) in [4.78, 5) is 0. The Morgan fingerprint density at radius 1 is 1.00 bits per heavy atom. The van der Waals surface area contributed by atoms with Crippen LogP contribution in [-0.4, -0.2) is 50.7 Å². The molecule has 0 saturated carbocycles. The lowest BCUT2D eigenvalue weighted by molar-refractivity contribution is -0.146. The second-order valence-electron chi connectivity index (χ2n) is 4.90. The van der Waals surface area contributed by atoms with Gasteiger partial charge >= 0.3 is 0 Å². The Kier molecular flexibility index (Phi) is 6.28. The summed E-state index contributed by atoms with van der Waals surface area (Å²) in [5.74, 6) is 0. The van der Waals surface area contributed by atoms with Crippen LogP contribution in [0.3, 0.4) is 0 Å². The maximum atomic E-state index is 5.36. The van der Waals surface area contributed by atoms with E-state index in [4.69, 9.17) is 14.2 Å². The fourth-order valence-corrected chi connectivity index (χ4v) is 1.48. The Labute approximate surface area is 98.6 Å². The molecule has 0 atom stereocenters. The fraction of sp³-hybridized carbons (Fsp3) is 1.00. The highest BCUT2D eigenvalue weighted by Gasteiger charge is 2.19. The monoisotopic (exact) mass is 231 g/mol. The first-order valence-corrected chi connectivity index (χ1v) is 6.15. The lowest BCUT2D eigenvalue weighted by atomic mass is 10.2. The van der Waals surface area contributed by atoms with Gasteiger partial charge in [0.2, 0.25) is 0 Å². The molecular formula is C12H25NO3. The molecule has 96 valence electrons. The molecular weight excluding hydrogens is 206 g/mol. The average Bonchev–Trinajstić information content (AvgIpc) is 2.05. The molecule has 0 aromatic heterocycles. The molecule has 0 aliphatic carbocycles. The predicted molar refractivity (Wildman–Crippen MR) is 63.7 cm³/mol. The maximum absolute atomic E-state index is 5.36. The van der Waals surface area contributed by atoms with E-state index in [9.17, 15) is 0 Å². The van der Waals surface area contributed by atoms with Gasteiger partial charge in [0.05, 0.1) is 38.6 Å². The van der Waals surface area contributed by atoms with E-state index in [2.05, 4.69) is 19.2 Å². The van der Waals surface area contributed by atoms with Crippen LogP contribution in [0.5, 0.6) is 0 Å². The summed E-state index contributed by atoms with van der Waals surface area (Å²) < 4.78 is 15.2. The molecule has 0 spiro atoms. The Hall–Kier alpha value is -0.160. The molecule has 2 heterocycles. The van der Waals surface area contributed by atoms with Gasteiger partial charge in [-0.3, -0.25) is 0 Å². The summed E-state index contributed by atoms with van der Waals surface area (Å²) in [6.07, 6.45) is 0.735. The van der Waals surface area contributed by atoms with Crippen molar-refractivity contribution in [1.82, 2.24) is 5.32 Å². The fourth-order valence-electron chi connectivity index (χ4n) is 1.48. The van der Waals surface area contributed by atoms with Gasteiger partial charge in [-0.15, -0.1) is 0 Å². The molecule has 0 radical (unpaired) electrons.